The molecular formula is C6H10ClF3N2. The first-order valence-electron chi connectivity index (χ1n) is 3.21. The van der Waals surface area contributed by atoms with E-state index in [1.54, 1.807) is 0 Å². The van der Waals surface area contributed by atoms with Crippen molar-refractivity contribution in [1.82, 2.24) is 4.90 Å². The number of rotatable bonds is 1. The Labute approximate surface area is 74.0 Å². The average molecular weight is 203 g/mol. The molecule has 0 amide bonds. The minimum absolute atomic E-state index is 0.731. The fourth-order valence-electron chi connectivity index (χ4n) is 0.653. The molecule has 0 heterocycles. The van der Waals surface area contributed by atoms with Crippen LogP contribution in [0.25, 0.3) is 0 Å². The molecule has 0 radical (unpaired) electrons. The Hall–Kier alpha value is -0.450. The lowest BCUT2D eigenvalue weighted by atomic mass is 10.5. The van der Waals surface area contributed by atoms with E-state index in [2.05, 4.69) is 4.99 Å². The Morgan fingerprint density at radius 1 is 1.50 bits per heavy atom. The Kier molecular flexibility index (Phi) is 3.83. The Morgan fingerprint density at radius 3 is 2.00 bits per heavy atom. The van der Waals surface area contributed by atoms with Crippen molar-refractivity contribution in [2.24, 2.45) is 4.99 Å². The van der Waals surface area contributed by atoms with Gasteiger partial charge >= 0.3 is 6.18 Å². The fraction of sp³-hybridized carbons (Fsp3) is 0.833. The van der Waals surface area contributed by atoms with Crippen molar-refractivity contribution in [2.45, 2.75) is 18.6 Å². The maximum Gasteiger partial charge on any atom is 0.449 e. The van der Waals surface area contributed by atoms with Gasteiger partial charge in [-0.1, -0.05) is 11.6 Å². The molecule has 6 heteroatoms. The molecule has 0 spiro atoms. The van der Waals surface area contributed by atoms with E-state index in [1.165, 1.54) is 14.0 Å². The largest absolute Gasteiger partial charge is 0.449 e. The first-order chi connectivity index (χ1) is 5.30. The lowest BCUT2D eigenvalue weighted by molar-refractivity contribution is -0.0682. The molecule has 2 nitrogen and oxygen atoms in total. The summed E-state index contributed by atoms with van der Waals surface area (Å²) in [6.45, 7) is 1.44. The summed E-state index contributed by atoms with van der Waals surface area (Å²) in [5.41, 5.74) is -0.731. The molecule has 72 valence electrons. The van der Waals surface area contributed by atoms with E-state index < -0.39 is 17.5 Å². The van der Waals surface area contributed by atoms with Crippen molar-refractivity contribution in [3.05, 3.63) is 0 Å². The van der Waals surface area contributed by atoms with Gasteiger partial charge in [-0.3, -0.25) is 4.99 Å². The van der Waals surface area contributed by atoms with Gasteiger partial charge in [0.25, 0.3) is 0 Å². The smallest absolute Gasteiger partial charge is 0.340 e. The SMILES string of the molecule is CN=C(N(C)C(C)Cl)C(F)(F)F. The number of halogens is 4. The summed E-state index contributed by atoms with van der Waals surface area (Å²) in [6.07, 6.45) is -4.44. The van der Waals surface area contributed by atoms with Crippen LogP contribution < -0.4 is 0 Å². The second-order valence-corrected chi connectivity index (χ2v) is 2.86. The molecule has 1 atom stereocenters. The summed E-state index contributed by atoms with van der Waals surface area (Å²) in [4.78, 5) is 3.98. The van der Waals surface area contributed by atoms with E-state index in [0.29, 0.717) is 0 Å². The molecule has 0 aliphatic carbocycles. The van der Waals surface area contributed by atoms with Gasteiger partial charge in [0.1, 0.15) is 5.50 Å². The summed E-state index contributed by atoms with van der Waals surface area (Å²) in [6, 6.07) is 0. The number of aliphatic imine (C=N–C) groups is 1. The lowest BCUT2D eigenvalue weighted by Gasteiger charge is -2.24. The number of amidine groups is 1. The fourth-order valence-corrected chi connectivity index (χ4v) is 0.745. The van der Waals surface area contributed by atoms with Crippen molar-refractivity contribution in [1.29, 1.82) is 0 Å². The lowest BCUT2D eigenvalue weighted by Crippen LogP contribution is -2.41. The molecule has 0 saturated heterocycles. The van der Waals surface area contributed by atoms with E-state index in [1.807, 2.05) is 0 Å². The maximum atomic E-state index is 12.1. The topological polar surface area (TPSA) is 15.6 Å². The van der Waals surface area contributed by atoms with Gasteiger partial charge in [-0.05, 0) is 6.92 Å². The van der Waals surface area contributed by atoms with Crippen LogP contribution in [-0.4, -0.2) is 36.5 Å². The van der Waals surface area contributed by atoms with Crippen molar-refractivity contribution < 1.29 is 13.2 Å². The van der Waals surface area contributed by atoms with Gasteiger partial charge in [-0.25, -0.2) is 0 Å². The molecule has 0 fully saturated rings. The van der Waals surface area contributed by atoms with E-state index in [4.69, 9.17) is 11.6 Å². The molecule has 0 aromatic rings. The van der Waals surface area contributed by atoms with Crippen molar-refractivity contribution in [3.8, 4) is 0 Å². The van der Waals surface area contributed by atoms with Crippen LogP contribution in [0.2, 0.25) is 0 Å². The molecule has 0 aliphatic heterocycles. The monoisotopic (exact) mass is 202 g/mol. The number of hydrogen-bond donors (Lipinski definition) is 0. The molecule has 0 saturated carbocycles. The van der Waals surface area contributed by atoms with Gasteiger partial charge in [0, 0.05) is 14.1 Å². The zero-order valence-electron chi connectivity index (χ0n) is 6.98. The van der Waals surface area contributed by atoms with Crippen LogP contribution >= 0.6 is 11.6 Å². The molecule has 0 aromatic heterocycles. The minimum atomic E-state index is -4.44. The highest BCUT2D eigenvalue weighted by Gasteiger charge is 2.39. The van der Waals surface area contributed by atoms with Crippen molar-refractivity contribution in [2.75, 3.05) is 14.1 Å². The highest BCUT2D eigenvalue weighted by atomic mass is 35.5. The molecule has 0 bridgehead atoms. The minimum Gasteiger partial charge on any atom is -0.340 e. The normalized spacial score (nSPS) is 16.1. The maximum absolute atomic E-state index is 12.1. The van der Waals surface area contributed by atoms with Crippen LogP contribution in [0.1, 0.15) is 6.92 Å². The molecule has 1 unspecified atom stereocenters. The van der Waals surface area contributed by atoms with Crippen LogP contribution in [0.3, 0.4) is 0 Å². The Bertz CT molecular complexity index is 176. The highest BCUT2D eigenvalue weighted by molar-refractivity contribution is 6.21. The predicted molar refractivity (Wildman–Crippen MR) is 42.5 cm³/mol. The molecule has 0 rings (SSSR count). The van der Waals surface area contributed by atoms with Crippen molar-refractivity contribution >= 4 is 17.4 Å². The first-order valence-corrected chi connectivity index (χ1v) is 3.65. The van der Waals surface area contributed by atoms with E-state index in [0.717, 1.165) is 11.9 Å². The molecule has 0 aliphatic rings. The number of nitrogens with zero attached hydrogens (tertiary/aromatic N) is 2. The third-order valence-corrected chi connectivity index (χ3v) is 1.63. The molecule has 0 N–H and O–H groups in total. The summed E-state index contributed by atoms with van der Waals surface area (Å²) in [5, 5.41) is 0. The number of hydrogen-bond acceptors (Lipinski definition) is 1. The van der Waals surface area contributed by atoms with Gasteiger partial charge < -0.3 is 4.90 Å². The van der Waals surface area contributed by atoms with Crippen LogP contribution in [0.4, 0.5) is 13.2 Å². The first kappa shape index (κ1) is 11.6. The van der Waals surface area contributed by atoms with Gasteiger partial charge in [-0.15, -0.1) is 0 Å². The quantitative estimate of drug-likeness (QED) is 0.275. The van der Waals surface area contributed by atoms with Crippen LogP contribution in [-0.2, 0) is 0 Å². The summed E-state index contributed by atoms with van der Waals surface area (Å²) in [5.74, 6) is -0.968. The van der Waals surface area contributed by atoms with Gasteiger partial charge in [0.15, 0.2) is 0 Å². The standard InChI is InChI=1S/C6H10ClF3N2/c1-4(7)12(3)5(11-2)6(8,9)10/h4H,1-3H3. The second-order valence-electron chi connectivity index (χ2n) is 2.23. The molecule has 0 aromatic carbocycles. The summed E-state index contributed by atoms with van der Waals surface area (Å²) in [7, 11) is 2.33. The van der Waals surface area contributed by atoms with Crippen LogP contribution in [0.5, 0.6) is 0 Å². The van der Waals surface area contributed by atoms with Crippen molar-refractivity contribution in [3.63, 3.8) is 0 Å². The summed E-state index contributed by atoms with van der Waals surface area (Å²) < 4.78 is 36.3. The zero-order chi connectivity index (χ0) is 9.94. The summed E-state index contributed by atoms with van der Waals surface area (Å²) >= 11 is 5.45. The average Bonchev–Trinajstić information content (AvgIpc) is 1.85. The van der Waals surface area contributed by atoms with Gasteiger partial charge in [-0.2, -0.15) is 13.2 Å². The molecule has 12 heavy (non-hydrogen) atoms. The Balaban J connectivity index is 4.60. The third-order valence-electron chi connectivity index (χ3n) is 1.33. The molecular weight excluding hydrogens is 193 g/mol. The van der Waals surface area contributed by atoms with E-state index in [9.17, 15) is 13.2 Å². The van der Waals surface area contributed by atoms with E-state index in [-0.39, 0.29) is 0 Å². The number of alkyl halides is 4. The Morgan fingerprint density at radius 2 is 1.92 bits per heavy atom. The third kappa shape index (κ3) is 2.89. The van der Waals surface area contributed by atoms with Gasteiger partial charge in [0.2, 0.25) is 5.84 Å². The van der Waals surface area contributed by atoms with Gasteiger partial charge in [0.05, 0.1) is 0 Å². The predicted octanol–water partition coefficient (Wildman–Crippen LogP) is 2.09. The zero-order valence-corrected chi connectivity index (χ0v) is 7.74. The highest BCUT2D eigenvalue weighted by Crippen LogP contribution is 2.20. The van der Waals surface area contributed by atoms with E-state index >= 15 is 0 Å². The second kappa shape index (κ2) is 3.98. The van der Waals surface area contributed by atoms with Crippen LogP contribution in [0.15, 0.2) is 4.99 Å². The van der Waals surface area contributed by atoms with Crippen LogP contribution in [0, 0.1) is 0 Å².